The predicted octanol–water partition coefficient (Wildman–Crippen LogP) is 2.32. The Morgan fingerprint density at radius 3 is 2.38 bits per heavy atom. The van der Waals surface area contributed by atoms with Crippen LogP contribution in [0.4, 0.5) is 9.57 Å². The Balaban J connectivity index is 1.61. The third kappa shape index (κ3) is 4.54. The molecule has 132 valence electrons. The van der Waals surface area contributed by atoms with Crippen LogP contribution in [0.15, 0.2) is 24.3 Å². The Kier molecular flexibility index (Phi) is 5.20. The molecule has 0 radical (unpaired) electrons. The smallest absolute Gasteiger partial charge is 0.302 e. The predicted molar refractivity (Wildman–Crippen MR) is 90.9 cm³/mol. The van der Waals surface area contributed by atoms with Gasteiger partial charge in [0.1, 0.15) is 0 Å². The molecule has 1 aromatic rings. The number of hydrogen-bond acceptors (Lipinski definition) is 4. The summed E-state index contributed by atoms with van der Waals surface area (Å²) >= 11 is 0. The molecule has 3 rings (SSSR count). The molecule has 1 aromatic carbocycles. The number of carbonyl (C=O) groups excluding carboxylic acids is 1. The average Bonchev–Trinajstić information content (AvgIpc) is 2.87. The lowest BCUT2D eigenvalue weighted by molar-refractivity contribution is -0.117. The zero-order valence-corrected chi connectivity index (χ0v) is 14.5. The van der Waals surface area contributed by atoms with E-state index in [1.807, 2.05) is 24.3 Å². The maximum absolute atomic E-state index is 12.8. The van der Waals surface area contributed by atoms with Gasteiger partial charge in [0, 0.05) is 31.1 Å². The summed E-state index contributed by atoms with van der Waals surface area (Å²) in [7, 11) is -4.54. The minimum Gasteiger partial charge on any atom is -0.312 e. The second kappa shape index (κ2) is 7.19. The summed E-state index contributed by atoms with van der Waals surface area (Å²) in [6.07, 6.45) is 3.89. The quantitative estimate of drug-likeness (QED) is 0.762. The second-order valence-corrected chi connectivity index (χ2v) is 8.19. The number of nitrogens with zero attached hydrogens (tertiary/aromatic N) is 2. The second-order valence-electron chi connectivity index (χ2n) is 6.78. The number of carbonyl (C=O) groups is 1. The van der Waals surface area contributed by atoms with Gasteiger partial charge < -0.3 is 4.90 Å². The normalized spacial score (nSPS) is 23.0. The van der Waals surface area contributed by atoms with Crippen molar-refractivity contribution in [3.05, 3.63) is 29.8 Å². The minimum atomic E-state index is -4.54. The van der Waals surface area contributed by atoms with E-state index in [9.17, 15) is 17.1 Å². The maximum Gasteiger partial charge on any atom is 0.302 e. The molecule has 1 unspecified atom stereocenters. The van der Waals surface area contributed by atoms with Crippen LogP contribution in [0.1, 0.15) is 31.2 Å². The van der Waals surface area contributed by atoms with Crippen LogP contribution in [0.3, 0.4) is 0 Å². The third-order valence-electron chi connectivity index (χ3n) is 4.74. The molecule has 2 aliphatic heterocycles. The van der Waals surface area contributed by atoms with Crippen LogP contribution >= 0.6 is 0 Å². The van der Waals surface area contributed by atoms with Gasteiger partial charge >= 0.3 is 10.2 Å². The third-order valence-corrected chi connectivity index (χ3v) is 5.61. The fraction of sp³-hybridized carbons (Fsp3) is 0.588. The number of benzene rings is 1. The molecule has 24 heavy (non-hydrogen) atoms. The van der Waals surface area contributed by atoms with Crippen molar-refractivity contribution in [2.45, 2.75) is 32.2 Å². The number of piperidine rings is 1. The van der Waals surface area contributed by atoms with Crippen LogP contribution in [-0.4, -0.2) is 44.6 Å². The molecule has 0 saturated carbocycles. The van der Waals surface area contributed by atoms with Crippen molar-refractivity contribution in [3.63, 3.8) is 0 Å². The first-order valence-electron chi connectivity index (χ1n) is 8.45. The number of anilines is 1. The van der Waals surface area contributed by atoms with Crippen molar-refractivity contribution < 1.29 is 17.1 Å². The first kappa shape index (κ1) is 17.4. The van der Waals surface area contributed by atoms with Crippen LogP contribution in [-0.2, 0) is 21.6 Å². The zero-order valence-electron chi connectivity index (χ0n) is 13.7. The average molecular weight is 354 g/mol. The molecule has 1 atom stereocenters. The van der Waals surface area contributed by atoms with E-state index in [0.29, 0.717) is 0 Å². The SMILES string of the molecule is O=C1CC(CS(=O)(=O)F)CN1c1ccc(CN2CCCCC2)cc1. The molecule has 2 aliphatic rings. The van der Waals surface area contributed by atoms with Crippen molar-refractivity contribution in [2.24, 2.45) is 5.92 Å². The highest BCUT2D eigenvalue weighted by molar-refractivity contribution is 7.86. The van der Waals surface area contributed by atoms with E-state index in [4.69, 9.17) is 0 Å². The molecule has 0 spiro atoms. The lowest BCUT2D eigenvalue weighted by Gasteiger charge is -2.26. The first-order chi connectivity index (χ1) is 11.4. The van der Waals surface area contributed by atoms with Gasteiger partial charge in [0.15, 0.2) is 0 Å². The minimum absolute atomic E-state index is 0.0820. The number of amides is 1. The highest BCUT2D eigenvalue weighted by atomic mass is 32.3. The molecule has 0 bridgehead atoms. The Bertz CT molecular complexity index is 684. The van der Waals surface area contributed by atoms with E-state index in [1.165, 1.54) is 24.8 Å². The molecule has 1 amide bonds. The Morgan fingerprint density at radius 2 is 1.75 bits per heavy atom. The van der Waals surface area contributed by atoms with Gasteiger partial charge in [-0.25, -0.2) is 0 Å². The summed E-state index contributed by atoms with van der Waals surface area (Å²) in [5, 5.41) is 0. The van der Waals surface area contributed by atoms with E-state index in [1.54, 1.807) is 4.90 Å². The lowest BCUT2D eigenvalue weighted by atomic mass is 10.1. The highest BCUT2D eigenvalue weighted by Gasteiger charge is 2.33. The summed E-state index contributed by atoms with van der Waals surface area (Å²) in [5.41, 5.74) is 1.95. The number of halogens is 1. The number of likely N-dealkylation sites (tertiary alicyclic amines) is 1. The molecular formula is C17H23FN2O3S. The summed E-state index contributed by atoms with van der Waals surface area (Å²) in [6.45, 7) is 3.43. The molecule has 2 heterocycles. The molecule has 0 aromatic heterocycles. The largest absolute Gasteiger partial charge is 0.312 e. The highest BCUT2D eigenvalue weighted by Crippen LogP contribution is 2.27. The van der Waals surface area contributed by atoms with Crippen molar-refractivity contribution in [1.82, 2.24) is 4.90 Å². The summed E-state index contributed by atoms with van der Waals surface area (Å²) < 4.78 is 34.4. The van der Waals surface area contributed by atoms with Crippen LogP contribution in [0.2, 0.25) is 0 Å². The van der Waals surface area contributed by atoms with E-state index in [-0.39, 0.29) is 18.9 Å². The molecular weight excluding hydrogens is 331 g/mol. The van der Waals surface area contributed by atoms with Crippen LogP contribution < -0.4 is 4.90 Å². The van der Waals surface area contributed by atoms with Gasteiger partial charge in [0.2, 0.25) is 5.91 Å². The van der Waals surface area contributed by atoms with Crippen molar-refractivity contribution in [2.75, 3.05) is 30.3 Å². The summed E-state index contributed by atoms with van der Waals surface area (Å²) in [4.78, 5) is 16.1. The van der Waals surface area contributed by atoms with Gasteiger partial charge in [-0.1, -0.05) is 18.6 Å². The Hall–Kier alpha value is -1.47. The monoisotopic (exact) mass is 354 g/mol. The van der Waals surface area contributed by atoms with E-state index < -0.39 is 21.9 Å². The van der Waals surface area contributed by atoms with E-state index in [0.717, 1.165) is 25.3 Å². The molecule has 2 fully saturated rings. The van der Waals surface area contributed by atoms with Gasteiger partial charge in [-0.15, -0.1) is 3.89 Å². The molecule has 0 N–H and O–H groups in total. The Labute approximate surface area is 142 Å². The molecule has 5 nitrogen and oxygen atoms in total. The van der Waals surface area contributed by atoms with Crippen molar-refractivity contribution in [1.29, 1.82) is 0 Å². The first-order valence-corrected chi connectivity index (χ1v) is 10.00. The maximum atomic E-state index is 12.8. The van der Waals surface area contributed by atoms with E-state index in [2.05, 4.69) is 4.90 Å². The number of hydrogen-bond donors (Lipinski definition) is 0. The lowest BCUT2D eigenvalue weighted by Crippen LogP contribution is -2.29. The van der Waals surface area contributed by atoms with Gasteiger partial charge in [-0.2, -0.15) is 8.42 Å². The van der Waals surface area contributed by atoms with Crippen LogP contribution in [0.25, 0.3) is 0 Å². The van der Waals surface area contributed by atoms with Crippen LogP contribution in [0, 0.1) is 5.92 Å². The summed E-state index contributed by atoms with van der Waals surface area (Å²) in [5.74, 6) is -1.20. The molecule has 2 saturated heterocycles. The topological polar surface area (TPSA) is 57.7 Å². The van der Waals surface area contributed by atoms with Crippen molar-refractivity contribution in [3.8, 4) is 0 Å². The van der Waals surface area contributed by atoms with Gasteiger partial charge in [-0.05, 0) is 43.6 Å². The molecule has 0 aliphatic carbocycles. The fourth-order valence-corrected chi connectivity index (χ4v) is 4.37. The zero-order chi connectivity index (χ0) is 17.2. The molecule has 7 heteroatoms. The summed E-state index contributed by atoms with van der Waals surface area (Å²) in [6, 6.07) is 7.81. The Morgan fingerprint density at radius 1 is 1.08 bits per heavy atom. The van der Waals surface area contributed by atoms with Gasteiger partial charge in [-0.3, -0.25) is 9.69 Å². The standard InChI is InChI=1S/C17H23FN2O3S/c18-24(22,23)13-15-10-17(21)20(12-15)16-6-4-14(5-7-16)11-19-8-2-1-3-9-19/h4-7,15H,1-3,8-13H2. The van der Waals surface area contributed by atoms with Gasteiger partial charge in [0.25, 0.3) is 0 Å². The van der Waals surface area contributed by atoms with Crippen molar-refractivity contribution >= 4 is 21.8 Å². The van der Waals surface area contributed by atoms with Gasteiger partial charge in [0.05, 0.1) is 5.75 Å². The van der Waals surface area contributed by atoms with E-state index >= 15 is 0 Å². The fourth-order valence-electron chi connectivity index (χ4n) is 3.58. The number of rotatable bonds is 5. The van der Waals surface area contributed by atoms with Crippen LogP contribution in [0.5, 0.6) is 0 Å².